The minimum Gasteiger partial charge on any atom is -0.497 e. The number of methoxy groups -OCH3 is 1. The molecule has 1 amide bonds. The molecule has 0 aliphatic heterocycles. The van der Waals surface area contributed by atoms with Crippen molar-refractivity contribution in [2.45, 2.75) is 12.8 Å². The summed E-state index contributed by atoms with van der Waals surface area (Å²) in [5, 5.41) is 6.06. The van der Waals surface area contributed by atoms with Gasteiger partial charge in [0.2, 0.25) is 0 Å². The summed E-state index contributed by atoms with van der Waals surface area (Å²) in [6, 6.07) is 18.0. The van der Waals surface area contributed by atoms with E-state index in [4.69, 9.17) is 4.74 Å². The molecule has 150 valence electrons. The number of hydrogen-bond acceptors (Lipinski definition) is 4. The van der Waals surface area contributed by atoms with Crippen molar-refractivity contribution in [3.8, 4) is 5.75 Å². The highest BCUT2D eigenvalue weighted by molar-refractivity contribution is 5.92. The molecule has 3 aromatic rings. The average molecular weight is 393 g/mol. The average Bonchev–Trinajstić information content (AvgIpc) is 2.76. The van der Waals surface area contributed by atoms with Crippen molar-refractivity contribution >= 4 is 11.6 Å². The molecule has 0 saturated heterocycles. The van der Waals surface area contributed by atoms with E-state index in [1.807, 2.05) is 30.3 Å². The van der Waals surface area contributed by atoms with Crippen LogP contribution >= 0.6 is 0 Å². The largest absolute Gasteiger partial charge is 0.497 e. The van der Waals surface area contributed by atoms with Crippen LogP contribution in [0.4, 0.5) is 10.1 Å². The van der Waals surface area contributed by atoms with E-state index in [9.17, 15) is 9.18 Å². The molecule has 0 aliphatic rings. The predicted molar refractivity (Wildman–Crippen MR) is 112 cm³/mol. The summed E-state index contributed by atoms with van der Waals surface area (Å²) >= 11 is 0. The number of nitrogens with zero attached hydrogens (tertiary/aromatic N) is 1. The number of rotatable bonds is 9. The van der Waals surface area contributed by atoms with E-state index in [-0.39, 0.29) is 11.7 Å². The van der Waals surface area contributed by atoms with Crippen LogP contribution in [0, 0.1) is 5.82 Å². The maximum atomic E-state index is 13.6. The van der Waals surface area contributed by atoms with Crippen molar-refractivity contribution in [1.82, 2.24) is 10.3 Å². The van der Waals surface area contributed by atoms with Gasteiger partial charge in [0.1, 0.15) is 17.3 Å². The molecule has 1 heterocycles. The van der Waals surface area contributed by atoms with Gasteiger partial charge >= 0.3 is 0 Å². The minimum absolute atomic E-state index is 0.259. The van der Waals surface area contributed by atoms with Gasteiger partial charge in [-0.2, -0.15) is 0 Å². The second-order valence-corrected chi connectivity index (χ2v) is 6.55. The molecule has 0 spiro atoms. The zero-order valence-electron chi connectivity index (χ0n) is 16.3. The molecule has 2 aromatic carbocycles. The summed E-state index contributed by atoms with van der Waals surface area (Å²) in [6.45, 7) is 1.10. The van der Waals surface area contributed by atoms with Crippen LogP contribution in [0.2, 0.25) is 0 Å². The number of ether oxygens (including phenoxy) is 1. The van der Waals surface area contributed by atoms with Crippen LogP contribution < -0.4 is 15.4 Å². The Bertz CT molecular complexity index is 928. The quantitative estimate of drug-likeness (QED) is 0.580. The molecule has 0 saturated carbocycles. The number of nitrogens with one attached hydrogen (secondary N) is 2. The number of benzene rings is 2. The normalized spacial score (nSPS) is 10.4. The van der Waals surface area contributed by atoms with E-state index in [0.717, 1.165) is 24.4 Å². The Morgan fingerprint density at radius 3 is 2.48 bits per heavy atom. The summed E-state index contributed by atoms with van der Waals surface area (Å²) in [5.74, 6) is 0.310. The number of anilines is 1. The van der Waals surface area contributed by atoms with Gasteiger partial charge in [0.25, 0.3) is 5.91 Å². The van der Waals surface area contributed by atoms with Gasteiger partial charge in [0.05, 0.1) is 19.0 Å². The Kier molecular flexibility index (Phi) is 7.16. The highest BCUT2D eigenvalue weighted by atomic mass is 19.1. The van der Waals surface area contributed by atoms with Gasteiger partial charge in [0, 0.05) is 13.1 Å². The van der Waals surface area contributed by atoms with E-state index in [0.29, 0.717) is 24.2 Å². The zero-order valence-corrected chi connectivity index (χ0v) is 16.3. The molecule has 6 heteroatoms. The first-order valence-electron chi connectivity index (χ1n) is 9.50. The number of halogens is 1. The van der Waals surface area contributed by atoms with Gasteiger partial charge in [-0.05, 0) is 54.3 Å². The first-order valence-corrected chi connectivity index (χ1v) is 9.50. The molecule has 5 nitrogen and oxygen atoms in total. The van der Waals surface area contributed by atoms with Crippen LogP contribution in [0.5, 0.6) is 5.75 Å². The molecule has 0 bridgehead atoms. The summed E-state index contributed by atoms with van der Waals surface area (Å²) in [5.41, 5.74) is 2.97. The van der Waals surface area contributed by atoms with Gasteiger partial charge in [0.15, 0.2) is 0 Å². The topological polar surface area (TPSA) is 63.2 Å². The van der Waals surface area contributed by atoms with E-state index >= 15 is 0 Å². The summed E-state index contributed by atoms with van der Waals surface area (Å²) in [4.78, 5) is 16.4. The number of carbonyl (C=O) groups is 1. The summed E-state index contributed by atoms with van der Waals surface area (Å²) in [7, 11) is 1.65. The van der Waals surface area contributed by atoms with Crippen molar-refractivity contribution in [3.63, 3.8) is 0 Å². The molecule has 3 rings (SSSR count). The molecular weight excluding hydrogens is 369 g/mol. The molecule has 29 heavy (non-hydrogen) atoms. The first kappa shape index (κ1) is 20.3. The molecule has 0 unspecified atom stereocenters. The maximum absolute atomic E-state index is 13.6. The van der Waals surface area contributed by atoms with Gasteiger partial charge in [-0.1, -0.05) is 30.3 Å². The Morgan fingerprint density at radius 2 is 1.79 bits per heavy atom. The van der Waals surface area contributed by atoms with Crippen molar-refractivity contribution in [2.24, 2.45) is 0 Å². The monoisotopic (exact) mass is 393 g/mol. The highest BCUT2D eigenvalue weighted by Gasteiger charge is 2.07. The lowest BCUT2D eigenvalue weighted by Crippen LogP contribution is -2.26. The zero-order chi connectivity index (χ0) is 20.5. The Morgan fingerprint density at radius 1 is 1.00 bits per heavy atom. The van der Waals surface area contributed by atoms with Crippen LogP contribution in [-0.4, -0.2) is 31.1 Å². The predicted octanol–water partition coefficient (Wildman–Crippen LogP) is 3.86. The maximum Gasteiger partial charge on any atom is 0.269 e. The smallest absolute Gasteiger partial charge is 0.269 e. The van der Waals surface area contributed by atoms with Crippen molar-refractivity contribution in [2.75, 3.05) is 25.5 Å². The van der Waals surface area contributed by atoms with E-state index in [1.54, 1.807) is 37.6 Å². The van der Waals surface area contributed by atoms with Gasteiger partial charge in [-0.15, -0.1) is 0 Å². The van der Waals surface area contributed by atoms with Gasteiger partial charge < -0.3 is 15.4 Å². The molecule has 1 aromatic heterocycles. The number of amides is 1. The molecule has 0 atom stereocenters. The highest BCUT2D eigenvalue weighted by Crippen LogP contribution is 2.12. The van der Waals surface area contributed by atoms with Crippen molar-refractivity contribution in [1.29, 1.82) is 0 Å². The fourth-order valence-electron chi connectivity index (χ4n) is 2.88. The standard InChI is InChI=1S/C23H24FN3O2/c1-29-20-9-6-17(7-10-20)12-14-25-19-8-11-22(27-16-19)23(28)26-15-13-18-4-2-3-5-21(18)24/h2-11,16,25H,12-15H2,1H3,(H,26,28). The number of aromatic nitrogens is 1. The van der Waals surface area contributed by atoms with Crippen molar-refractivity contribution < 1.29 is 13.9 Å². The van der Waals surface area contributed by atoms with Crippen LogP contribution in [0.1, 0.15) is 21.6 Å². The van der Waals surface area contributed by atoms with Gasteiger partial charge in [-0.25, -0.2) is 9.37 Å². The number of carbonyl (C=O) groups excluding carboxylic acids is 1. The van der Waals surface area contributed by atoms with Crippen LogP contribution in [-0.2, 0) is 12.8 Å². The van der Waals surface area contributed by atoms with Crippen molar-refractivity contribution in [3.05, 3.63) is 89.5 Å². The summed E-state index contributed by atoms with van der Waals surface area (Å²) < 4.78 is 18.7. The van der Waals surface area contributed by atoms with E-state index in [1.165, 1.54) is 11.6 Å². The minimum atomic E-state index is -0.272. The fraction of sp³-hybridized carbons (Fsp3) is 0.217. The fourth-order valence-corrected chi connectivity index (χ4v) is 2.88. The van der Waals surface area contributed by atoms with E-state index < -0.39 is 0 Å². The first-order chi connectivity index (χ1) is 14.2. The SMILES string of the molecule is COc1ccc(CCNc2ccc(C(=O)NCCc3ccccc3F)nc2)cc1. The Labute approximate surface area is 169 Å². The molecular formula is C23H24FN3O2. The van der Waals surface area contributed by atoms with Gasteiger partial charge in [-0.3, -0.25) is 4.79 Å². The third-order valence-corrected chi connectivity index (χ3v) is 4.54. The van der Waals surface area contributed by atoms with Crippen LogP contribution in [0.3, 0.4) is 0 Å². The third-order valence-electron chi connectivity index (χ3n) is 4.54. The second kappa shape index (κ2) is 10.2. The second-order valence-electron chi connectivity index (χ2n) is 6.55. The molecule has 0 radical (unpaired) electrons. The van der Waals surface area contributed by atoms with Crippen LogP contribution in [0.15, 0.2) is 66.9 Å². The molecule has 0 aliphatic carbocycles. The lowest BCUT2D eigenvalue weighted by atomic mass is 10.1. The summed E-state index contributed by atoms with van der Waals surface area (Å²) in [6.07, 6.45) is 2.94. The lowest BCUT2D eigenvalue weighted by Gasteiger charge is -2.08. The third kappa shape index (κ3) is 6.04. The molecule has 0 fully saturated rings. The van der Waals surface area contributed by atoms with E-state index in [2.05, 4.69) is 15.6 Å². The number of pyridine rings is 1. The number of hydrogen-bond donors (Lipinski definition) is 2. The van der Waals surface area contributed by atoms with Crippen LogP contribution in [0.25, 0.3) is 0 Å². The lowest BCUT2D eigenvalue weighted by molar-refractivity contribution is 0.0949. The molecule has 2 N–H and O–H groups in total. The Balaban J connectivity index is 1.42. The Hall–Kier alpha value is -3.41.